The van der Waals surface area contributed by atoms with Crippen LogP contribution in [0.4, 0.5) is 0 Å². The molecule has 14 heavy (non-hydrogen) atoms. The quantitative estimate of drug-likeness (QED) is 0.692. The number of amides is 1. The van der Waals surface area contributed by atoms with Gasteiger partial charge in [-0.1, -0.05) is 0 Å². The Bertz CT molecular complexity index is 188. The smallest absolute Gasteiger partial charge is 0.246 e. The second-order valence-corrected chi connectivity index (χ2v) is 4.01. The summed E-state index contributed by atoms with van der Waals surface area (Å²) in [5, 5.41) is 8.93. The van der Waals surface area contributed by atoms with Crippen LogP contribution < -0.4 is 5.73 Å². The molecule has 4 heteroatoms. The molecule has 1 rings (SSSR count). The molecule has 1 aliphatic rings. The summed E-state index contributed by atoms with van der Waals surface area (Å²) in [6, 6.07) is 0. The number of hydrogen-bond acceptors (Lipinski definition) is 3. The molecular weight excluding hydrogens is 182 g/mol. The van der Waals surface area contributed by atoms with Gasteiger partial charge >= 0.3 is 0 Å². The minimum Gasteiger partial charge on any atom is -0.396 e. The van der Waals surface area contributed by atoms with Crippen molar-refractivity contribution in [1.29, 1.82) is 0 Å². The normalized spacial score (nSPS) is 29.9. The monoisotopic (exact) mass is 201 g/mol. The topological polar surface area (TPSA) is 72.6 Å². The number of nitrogens with two attached hydrogens (primary N) is 1. The van der Waals surface area contributed by atoms with Crippen LogP contribution in [0, 0.1) is 5.92 Å². The predicted octanol–water partition coefficient (Wildman–Crippen LogP) is 0.428. The maximum Gasteiger partial charge on any atom is 0.246 e. The van der Waals surface area contributed by atoms with E-state index in [1.54, 1.807) is 6.92 Å². The highest BCUT2D eigenvalue weighted by atomic mass is 16.5. The molecule has 3 N–H and O–H groups in total. The molecule has 1 amide bonds. The van der Waals surface area contributed by atoms with E-state index in [4.69, 9.17) is 15.6 Å². The van der Waals surface area contributed by atoms with Crippen molar-refractivity contribution in [2.45, 2.75) is 44.8 Å². The minimum atomic E-state index is -0.495. The second kappa shape index (κ2) is 5.32. The zero-order chi connectivity index (χ0) is 10.6. The van der Waals surface area contributed by atoms with E-state index < -0.39 is 12.0 Å². The summed E-state index contributed by atoms with van der Waals surface area (Å²) in [6.07, 6.45) is 3.44. The Morgan fingerprint density at radius 1 is 1.50 bits per heavy atom. The van der Waals surface area contributed by atoms with E-state index in [0.717, 1.165) is 25.7 Å². The summed E-state index contributed by atoms with van der Waals surface area (Å²) in [5.41, 5.74) is 5.10. The highest BCUT2D eigenvalue weighted by Gasteiger charge is 2.23. The lowest BCUT2D eigenvalue weighted by Gasteiger charge is -2.28. The Labute approximate surface area is 84.4 Å². The molecule has 1 saturated carbocycles. The molecule has 1 unspecified atom stereocenters. The van der Waals surface area contributed by atoms with Crippen LogP contribution in [-0.4, -0.2) is 29.8 Å². The van der Waals surface area contributed by atoms with Gasteiger partial charge in [0.25, 0.3) is 0 Å². The van der Waals surface area contributed by atoms with Crippen molar-refractivity contribution in [2.75, 3.05) is 6.61 Å². The number of hydrogen-bond donors (Lipinski definition) is 2. The van der Waals surface area contributed by atoms with Gasteiger partial charge in [0.05, 0.1) is 6.10 Å². The average molecular weight is 201 g/mol. The molecule has 0 spiro atoms. The molecular formula is C10H19NO3. The van der Waals surface area contributed by atoms with Gasteiger partial charge in [0.2, 0.25) is 5.91 Å². The number of aliphatic hydroxyl groups excluding tert-OH is 1. The lowest BCUT2D eigenvalue weighted by molar-refractivity contribution is -0.133. The first-order valence-electron chi connectivity index (χ1n) is 5.19. The molecule has 0 bridgehead atoms. The molecule has 1 fully saturated rings. The van der Waals surface area contributed by atoms with E-state index in [1.165, 1.54) is 0 Å². The van der Waals surface area contributed by atoms with Gasteiger partial charge in [-0.2, -0.15) is 0 Å². The van der Waals surface area contributed by atoms with Crippen LogP contribution in [0.2, 0.25) is 0 Å². The molecule has 0 aromatic carbocycles. The van der Waals surface area contributed by atoms with Crippen molar-refractivity contribution in [3.63, 3.8) is 0 Å². The third kappa shape index (κ3) is 3.27. The summed E-state index contributed by atoms with van der Waals surface area (Å²) < 4.78 is 5.49. The lowest BCUT2D eigenvalue weighted by atomic mass is 9.88. The highest BCUT2D eigenvalue weighted by molar-refractivity contribution is 5.78. The third-order valence-corrected chi connectivity index (χ3v) is 2.85. The van der Waals surface area contributed by atoms with E-state index >= 15 is 0 Å². The summed E-state index contributed by atoms with van der Waals surface area (Å²) in [7, 11) is 0. The van der Waals surface area contributed by atoms with Crippen LogP contribution >= 0.6 is 0 Å². The van der Waals surface area contributed by atoms with E-state index in [-0.39, 0.29) is 12.7 Å². The van der Waals surface area contributed by atoms with Crippen molar-refractivity contribution in [2.24, 2.45) is 11.7 Å². The Morgan fingerprint density at radius 3 is 2.50 bits per heavy atom. The summed E-state index contributed by atoms with van der Waals surface area (Å²) in [6.45, 7) is 1.94. The van der Waals surface area contributed by atoms with Crippen LogP contribution in [0.15, 0.2) is 0 Å². The molecule has 0 saturated heterocycles. The van der Waals surface area contributed by atoms with Crippen molar-refractivity contribution in [3.8, 4) is 0 Å². The van der Waals surface area contributed by atoms with Crippen molar-refractivity contribution < 1.29 is 14.6 Å². The van der Waals surface area contributed by atoms with E-state index in [0.29, 0.717) is 5.92 Å². The van der Waals surface area contributed by atoms with Gasteiger partial charge in [0.1, 0.15) is 6.10 Å². The zero-order valence-electron chi connectivity index (χ0n) is 8.61. The van der Waals surface area contributed by atoms with Crippen molar-refractivity contribution >= 4 is 5.91 Å². The first-order valence-corrected chi connectivity index (χ1v) is 5.19. The van der Waals surface area contributed by atoms with Gasteiger partial charge in [0, 0.05) is 6.61 Å². The summed E-state index contributed by atoms with van der Waals surface area (Å²) in [5.74, 6) is 0.00742. The predicted molar refractivity (Wildman–Crippen MR) is 52.6 cm³/mol. The van der Waals surface area contributed by atoms with Crippen LogP contribution in [0.3, 0.4) is 0 Å². The fourth-order valence-electron chi connectivity index (χ4n) is 1.81. The van der Waals surface area contributed by atoms with Crippen LogP contribution in [0.5, 0.6) is 0 Å². The van der Waals surface area contributed by atoms with Gasteiger partial charge in [-0.25, -0.2) is 0 Å². The van der Waals surface area contributed by atoms with E-state index in [1.807, 2.05) is 0 Å². The number of carbonyl (C=O) groups excluding carboxylic acids is 1. The number of carbonyl (C=O) groups is 1. The Morgan fingerprint density at radius 2 is 2.07 bits per heavy atom. The van der Waals surface area contributed by atoms with E-state index in [9.17, 15) is 4.79 Å². The highest BCUT2D eigenvalue weighted by Crippen LogP contribution is 2.26. The van der Waals surface area contributed by atoms with Gasteiger partial charge < -0.3 is 15.6 Å². The van der Waals surface area contributed by atoms with Crippen LogP contribution in [0.25, 0.3) is 0 Å². The lowest BCUT2D eigenvalue weighted by Crippen LogP contribution is -2.34. The maximum absolute atomic E-state index is 10.8. The largest absolute Gasteiger partial charge is 0.396 e. The SMILES string of the molecule is CC(OC1CCC(CO)CC1)C(N)=O. The molecule has 1 atom stereocenters. The number of ether oxygens (including phenoxy) is 1. The molecule has 0 radical (unpaired) electrons. The van der Waals surface area contributed by atoms with E-state index in [2.05, 4.69) is 0 Å². The molecule has 1 aliphatic carbocycles. The number of aliphatic hydroxyl groups is 1. The number of rotatable bonds is 4. The first-order chi connectivity index (χ1) is 6.63. The molecule has 0 heterocycles. The average Bonchev–Trinajstić information content (AvgIpc) is 2.19. The maximum atomic E-state index is 10.8. The molecule has 0 aliphatic heterocycles. The zero-order valence-corrected chi connectivity index (χ0v) is 8.61. The summed E-state index contributed by atoms with van der Waals surface area (Å²) in [4.78, 5) is 10.8. The third-order valence-electron chi connectivity index (χ3n) is 2.85. The first kappa shape index (κ1) is 11.5. The second-order valence-electron chi connectivity index (χ2n) is 4.01. The fourth-order valence-corrected chi connectivity index (χ4v) is 1.81. The van der Waals surface area contributed by atoms with Crippen LogP contribution in [0.1, 0.15) is 32.6 Å². The molecule has 4 nitrogen and oxygen atoms in total. The van der Waals surface area contributed by atoms with Gasteiger partial charge in [-0.15, -0.1) is 0 Å². The van der Waals surface area contributed by atoms with Gasteiger partial charge in [0.15, 0.2) is 0 Å². The molecule has 0 aromatic heterocycles. The number of primary amides is 1. The standard InChI is InChI=1S/C10H19NO3/c1-7(10(11)13)14-9-4-2-8(6-12)3-5-9/h7-9,12H,2-6H2,1H3,(H2,11,13). The fraction of sp³-hybridized carbons (Fsp3) is 0.900. The van der Waals surface area contributed by atoms with Gasteiger partial charge in [-0.05, 0) is 38.5 Å². The van der Waals surface area contributed by atoms with Crippen molar-refractivity contribution in [1.82, 2.24) is 0 Å². The van der Waals surface area contributed by atoms with Crippen molar-refractivity contribution in [3.05, 3.63) is 0 Å². The Kier molecular flexibility index (Phi) is 4.35. The van der Waals surface area contributed by atoms with Gasteiger partial charge in [-0.3, -0.25) is 4.79 Å². The van der Waals surface area contributed by atoms with Crippen LogP contribution in [-0.2, 0) is 9.53 Å². The Balaban J connectivity index is 2.25. The Hall–Kier alpha value is -0.610. The summed E-state index contributed by atoms with van der Waals surface area (Å²) >= 11 is 0. The minimum absolute atomic E-state index is 0.139. The molecule has 0 aromatic rings. The molecule has 82 valence electrons.